The Bertz CT molecular complexity index is 1310. The molecule has 0 amide bonds. The highest BCUT2D eigenvalue weighted by Crippen LogP contribution is 2.36. The Morgan fingerprint density at radius 3 is 2.86 bits per heavy atom. The van der Waals surface area contributed by atoms with Gasteiger partial charge in [0, 0.05) is 42.4 Å². The van der Waals surface area contributed by atoms with E-state index in [9.17, 15) is 5.11 Å². The maximum absolute atomic E-state index is 10.0. The molecule has 0 radical (unpaired) electrons. The van der Waals surface area contributed by atoms with Gasteiger partial charge in [-0.1, -0.05) is 22.8 Å². The molecule has 0 fully saturated rings. The van der Waals surface area contributed by atoms with Gasteiger partial charge >= 0.3 is 0 Å². The van der Waals surface area contributed by atoms with Crippen LogP contribution in [0.4, 0.5) is 5.82 Å². The van der Waals surface area contributed by atoms with Crippen molar-refractivity contribution in [1.82, 2.24) is 30.2 Å². The number of aliphatic hydroxyl groups excluding tert-OH is 1. The minimum atomic E-state index is -0.592. The monoisotopic (exact) mass is 511 g/mol. The molecule has 5 rings (SSSR count). The molecule has 0 bridgehead atoms. The third-order valence-corrected chi connectivity index (χ3v) is 6.86. The molecular formula is C25H30ClN7O3. The smallest absolute Gasteiger partial charge is 0.163 e. The van der Waals surface area contributed by atoms with Gasteiger partial charge in [-0.3, -0.25) is 4.68 Å². The van der Waals surface area contributed by atoms with Gasteiger partial charge in [-0.25, -0.2) is 9.97 Å². The lowest BCUT2D eigenvalue weighted by Crippen LogP contribution is -2.30. The lowest BCUT2D eigenvalue weighted by Gasteiger charge is -2.22. The summed E-state index contributed by atoms with van der Waals surface area (Å²) in [6.07, 6.45) is 5.53. The summed E-state index contributed by atoms with van der Waals surface area (Å²) < 4.78 is 13.3. The second-order valence-corrected chi connectivity index (χ2v) is 9.59. The highest BCUT2D eigenvalue weighted by atomic mass is 35.5. The van der Waals surface area contributed by atoms with Crippen LogP contribution in [0.2, 0.25) is 0 Å². The van der Waals surface area contributed by atoms with E-state index in [0.29, 0.717) is 48.2 Å². The Morgan fingerprint density at radius 1 is 1.31 bits per heavy atom. The van der Waals surface area contributed by atoms with Crippen LogP contribution in [0, 0.1) is 13.8 Å². The van der Waals surface area contributed by atoms with E-state index in [1.165, 1.54) is 5.56 Å². The van der Waals surface area contributed by atoms with Crippen molar-refractivity contribution < 1.29 is 14.4 Å². The molecule has 11 heteroatoms. The summed E-state index contributed by atoms with van der Waals surface area (Å²) in [5.41, 5.74) is 5.37. The summed E-state index contributed by atoms with van der Waals surface area (Å²) >= 11 is 6.66. The zero-order chi connectivity index (χ0) is 25.4. The van der Waals surface area contributed by atoms with Crippen molar-refractivity contribution in [2.45, 2.75) is 45.6 Å². The summed E-state index contributed by atoms with van der Waals surface area (Å²) in [7, 11) is 3.74. The van der Waals surface area contributed by atoms with Gasteiger partial charge in [-0.15, -0.1) is 0 Å². The summed E-state index contributed by atoms with van der Waals surface area (Å²) in [5.74, 6) is 1.97. The second-order valence-electron chi connectivity index (χ2n) is 9.18. The lowest BCUT2D eigenvalue weighted by atomic mass is 10.0. The van der Waals surface area contributed by atoms with Crippen molar-refractivity contribution in [2.24, 2.45) is 7.05 Å². The first-order valence-corrected chi connectivity index (χ1v) is 12.3. The average Bonchev–Trinajstić information content (AvgIpc) is 3.54. The van der Waals surface area contributed by atoms with E-state index in [-0.39, 0.29) is 12.7 Å². The number of ether oxygens (including phenoxy) is 1. The molecular weight excluding hydrogens is 482 g/mol. The van der Waals surface area contributed by atoms with Crippen molar-refractivity contribution in [3.8, 4) is 11.3 Å². The Morgan fingerprint density at radius 2 is 2.14 bits per heavy atom. The van der Waals surface area contributed by atoms with Crippen molar-refractivity contribution in [2.75, 3.05) is 25.1 Å². The molecule has 190 valence electrons. The summed E-state index contributed by atoms with van der Waals surface area (Å²) in [6, 6.07) is 1.97. The number of halogens is 1. The fraction of sp³-hybridized carbons (Fsp3) is 0.440. The number of fused-ring (bicyclic) bond motifs is 1. The topological polar surface area (TPSA) is 114 Å². The van der Waals surface area contributed by atoms with Gasteiger partial charge < -0.3 is 24.6 Å². The van der Waals surface area contributed by atoms with E-state index in [1.807, 2.05) is 50.0 Å². The number of nitrogens with zero attached hydrogens (tertiary/aromatic N) is 6. The molecule has 0 saturated carbocycles. The van der Waals surface area contributed by atoms with Gasteiger partial charge in [0.15, 0.2) is 5.82 Å². The Kier molecular flexibility index (Phi) is 6.94. The average molecular weight is 512 g/mol. The minimum Gasteiger partial charge on any atom is -0.389 e. The normalized spacial score (nSPS) is 18.3. The number of hydrogen-bond donors (Lipinski definition) is 2. The number of nitrogens with one attached hydrogen (secondary N) is 1. The van der Waals surface area contributed by atoms with Crippen LogP contribution in [0.25, 0.3) is 16.8 Å². The molecule has 2 aliphatic rings. The largest absolute Gasteiger partial charge is 0.389 e. The van der Waals surface area contributed by atoms with Crippen molar-refractivity contribution in [3.05, 3.63) is 58.0 Å². The summed E-state index contributed by atoms with van der Waals surface area (Å²) in [5, 5.41) is 22.0. The number of allylic oxidation sites excluding steroid dienone is 2. The van der Waals surface area contributed by atoms with Gasteiger partial charge in [-0.2, -0.15) is 5.10 Å². The van der Waals surface area contributed by atoms with E-state index in [0.717, 1.165) is 28.5 Å². The van der Waals surface area contributed by atoms with Gasteiger partial charge in [0.1, 0.15) is 11.6 Å². The number of aromatic nitrogens is 5. The standard InChI is InChI=1S/C25H30ClN7O3/c1-14-24(15(2)36-31-14)21-8-23(33-11-16-9-28-32(4)22(16)12-33)30-25(29-21)19-7-18(5-6-20(19)26)35-13-17(34)10-27-3/h6-9,17-18,27,34H,5,10-13H2,1-4H3/t17-,18?/m1/s1. The first-order chi connectivity index (χ1) is 17.3. The van der Waals surface area contributed by atoms with Crippen LogP contribution in [0.1, 0.15) is 35.0 Å². The fourth-order valence-corrected chi connectivity index (χ4v) is 4.87. The molecule has 1 unspecified atom stereocenters. The Hall–Kier alpha value is -3.05. The van der Waals surface area contributed by atoms with E-state index in [2.05, 4.69) is 20.5 Å². The first kappa shape index (κ1) is 24.6. The molecule has 0 aromatic carbocycles. The van der Waals surface area contributed by atoms with Crippen LogP contribution in [-0.4, -0.2) is 62.4 Å². The van der Waals surface area contributed by atoms with Gasteiger partial charge in [-0.05, 0) is 33.4 Å². The first-order valence-electron chi connectivity index (χ1n) is 11.9. The molecule has 2 N–H and O–H groups in total. The fourth-order valence-electron chi connectivity index (χ4n) is 4.63. The van der Waals surface area contributed by atoms with Crippen molar-refractivity contribution >= 4 is 23.0 Å². The minimum absolute atomic E-state index is 0.214. The van der Waals surface area contributed by atoms with Crippen LogP contribution in [0.5, 0.6) is 0 Å². The van der Waals surface area contributed by atoms with Crippen LogP contribution >= 0.6 is 11.6 Å². The van der Waals surface area contributed by atoms with Gasteiger partial charge in [0.25, 0.3) is 0 Å². The predicted molar refractivity (Wildman–Crippen MR) is 136 cm³/mol. The van der Waals surface area contributed by atoms with E-state index in [4.69, 9.17) is 30.8 Å². The number of anilines is 1. The number of likely N-dealkylation sites (N-methyl/N-ethyl adjacent to an activating group) is 1. The molecule has 10 nitrogen and oxygen atoms in total. The number of aliphatic hydroxyl groups is 1. The third-order valence-electron chi connectivity index (χ3n) is 6.50. The molecule has 2 atom stereocenters. The molecule has 0 spiro atoms. The quantitative estimate of drug-likeness (QED) is 0.471. The lowest BCUT2D eigenvalue weighted by molar-refractivity contribution is 0.0120. The van der Waals surface area contributed by atoms with Crippen LogP contribution in [0.15, 0.2) is 34.0 Å². The molecule has 4 heterocycles. The van der Waals surface area contributed by atoms with Crippen molar-refractivity contribution in [3.63, 3.8) is 0 Å². The number of rotatable bonds is 8. The maximum Gasteiger partial charge on any atom is 0.163 e. The molecule has 1 aliphatic heterocycles. The Labute approximate surface area is 214 Å². The highest BCUT2D eigenvalue weighted by Gasteiger charge is 2.27. The zero-order valence-electron chi connectivity index (χ0n) is 20.8. The zero-order valence-corrected chi connectivity index (χ0v) is 21.6. The number of aryl methyl sites for hydroxylation is 3. The van der Waals surface area contributed by atoms with E-state index < -0.39 is 6.10 Å². The Balaban J connectivity index is 1.52. The predicted octanol–water partition coefficient (Wildman–Crippen LogP) is 2.88. The molecule has 36 heavy (non-hydrogen) atoms. The molecule has 1 aliphatic carbocycles. The van der Waals surface area contributed by atoms with Crippen molar-refractivity contribution in [1.29, 1.82) is 0 Å². The SMILES string of the molecule is CNC[C@@H](O)COC1C=C(c2nc(-c3c(C)noc3C)cc(N3Cc4cnn(C)c4C3)n2)C(Cl)=CC1. The summed E-state index contributed by atoms with van der Waals surface area (Å²) in [4.78, 5) is 12.0. The van der Waals surface area contributed by atoms with E-state index in [1.54, 1.807) is 7.05 Å². The third kappa shape index (κ3) is 4.81. The van der Waals surface area contributed by atoms with Gasteiger partial charge in [0.05, 0.1) is 54.2 Å². The molecule has 0 saturated heterocycles. The summed E-state index contributed by atoms with van der Waals surface area (Å²) in [6.45, 7) is 5.85. The van der Waals surface area contributed by atoms with Crippen LogP contribution < -0.4 is 10.2 Å². The van der Waals surface area contributed by atoms with E-state index >= 15 is 0 Å². The van der Waals surface area contributed by atoms with Crippen LogP contribution in [0.3, 0.4) is 0 Å². The molecule has 3 aromatic heterocycles. The number of hydrogen-bond acceptors (Lipinski definition) is 9. The van der Waals surface area contributed by atoms with Crippen LogP contribution in [-0.2, 0) is 24.9 Å². The second kappa shape index (κ2) is 10.1. The maximum atomic E-state index is 10.0. The highest BCUT2D eigenvalue weighted by molar-refractivity contribution is 6.37. The molecule has 3 aromatic rings. The van der Waals surface area contributed by atoms with Gasteiger partial charge in [0.2, 0.25) is 0 Å².